The normalized spacial score (nSPS) is 10.8. The molecule has 0 aliphatic rings. The Morgan fingerprint density at radius 2 is 2.16 bits per heavy atom. The first-order chi connectivity index (χ1) is 9.15. The van der Waals surface area contributed by atoms with Gasteiger partial charge >= 0.3 is 0 Å². The number of anilines is 1. The van der Waals surface area contributed by atoms with Crippen LogP contribution < -0.4 is 5.73 Å². The highest BCUT2D eigenvalue weighted by molar-refractivity contribution is 6.16. The largest absolute Gasteiger partial charge is 0.399 e. The number of nitrogens with one attached hydrogen (secondary N) is 1. The highest BCUT2D eigenvalue weighted by atomic mass is 19.1. The molecule has 0 unspecified atom stereocenters. The fourth-order valence-corrected chi connectivity index (χ4v) is 2.05. The van der Waals surface area contributed by atoms with Gasteiger partial charge in [-0.2, -0.15) is 0 Å². The number of rotatable bonds is 2. The average molecular weight is 255 g/mol. The Morgan fingerprint density at radius 1 is 1.32 bits per heavy atom. The number of benzene rings is 1. The molecule has 0 atom stereocenters. The molecule has 3 N–H and O–H groups in total. The topological polar surface area (TPSA) is 71.8 Å². The number of nitrogens with two attached hydrogens (primary N) is 1. The smallest absolute Gasteiger partial charge is 0.195 e. The van der Waals surface area contributed by atoms with Crippen LogP contribution in [0.3, 0.4) is 0 Å². The number of nitrogens with zero attached hydrogens (tertiary/aromatic N) is 1. The molecule has 0 aliphatic heterocycles. The van der Waals surface area contributed by atoms with Crippen molar-refractivity contribution in [2.45, 2.75) is 0 Å². The summed E-state index contributed by atoms with van der Waals surface area (Å²) in [6.07, 6.45) is 4.82. The van der Waals surface area contributed by atoms with Gasteiger partial charge in [-0.05, 0) is 24.3 Å². The van der Waals surface area contributed by atoms with Crippen molar-refractivity contribution in [1.29, 1.82) is 0 Å². The number of carbonyl (C=O) groups is 1. The van der Waals surface area contributed by atoms with E-state index in [1.165, 1.54) is 18.2 Å². The first-order valence-corrected chi connectivity index (χ1v) is 5.67. The van der Waals surface area contributed by atoms with E-state index in [0.29, 0.717) is 10.9 Å². The van der Waals surface area contributed by atoms with Gasteiger partial charge in [0.25, 0.3) is 0 Å². The van der Waals surface area contributed by atoms with E-state index in [9.17, 15) is 9.18 Å². The number of nitrogen functional groups attached to an aromatic ring is 1. The van der Waals surface area contributed by atoms with Gasteiger partial charge in [0.05, 0.1) is 0 Å². The SMILES string of the molecule is Nc1cc(F)cc(C(=O)c2c[nH]c3ccncc23)c1. The van der Waals surface area contributed by atoms with Gasteiger partial charge in [-0.1, -0.05) is 0 Å². The van der Waals surface area contributed by atoms with Crippen LogP contribution in [-0.2, 0) is 0 Å². The minimum atomic E-state index is -0.527. The van der Waals surface area contributed by atoms with E-state index in [0.717, 1.165) is 5.52 Å². The molecule has 0 bridgehead atoms. The van der Waals surface area contributed by atoms with Crippen molar-refractivity contribution in [3.8, 4) is 0 Å². The van der Waals surface area contributed by atoms with E-state index >= 15 is 0 Å². The summed E-state index contributed by atoms with van der Waals surface area (Å²) < 4.78 is 13.3. The summed E-state index contributed by atoms with van der Waals surface area (Å²) in [6, 6.07) is 5.58. The lowest BCUT2D eigenvalue weighted by molar-refractivity contribution is 0.104. The Hall–Kier alpha value is -2.69. The Labute approximate surface area is 108 Å². The van der Waals surface area contributed by atoms with Crippen LogP contribution in [0.25, 0.3) is 10.9 Å². The molecule has 3 aromatic rings. The molecule has 1 aromatic carbocycles. The molecular weight excluding hydrogens is 245 g/mol. The van der Waals surface area contributed by atoms with Crippen molar-refractivity contribution in [3.63, 3.8) is 0 Å². The molecule has 0 spiro atoms. The lowest BCUT2D eigenvalue weighted by Gasteiger charge is -2.02. The lowest BCUT2D eigenvalue weighted by atomic mass is 10.0. The van der Waals surface area contributed by atoms with Crippen LogP contribution in [0, 0.1) is 5.82 Å². The first kappa shape index (κ1) is 11.4. The van der Waals surface area contributed by atoms with Gasteiger partial charge in [0.2, 0.25) is 0 Å². The maximum Gasteiger partial charge on any atom is 0.195 e. The summed E-state index contributed by atoms with van der Waals surface area (Å²) in [5.74, 6) is -0.813. The van der Waals surface area contributed by atoms with Crippen molar-refractivity contribution in [3.05, 3.63) is 59.8 Å². The number of fused-ring (bicyclic) bond motifs is 1. The molecule has 0 radical (unpaired) electrons. The van der Waals surface area contributed by atoms with E-state index in [1.807, 2.05) is 0 Å². The van der Waals surface area contributed by atoms with Crippen LogP contribution in [0.2, 0.25) is 0 Å². The van der Waals surface area contributed by atoms with Crippen LogP contribution in [-0.4, -0.2) is 15.8 Å². The number of hydrogen-bond acceptors (Lipinski definition) is 3. The van der Waals surface area contributed by atoms with Crippen LogP contribution in [0.5, 0.6) is 0 Å². The molecule has 0 saturated carbocycles. The summed E-state index contributed by atoms with van der Waals surface area (Å²) in [5, 5.41) is 0.704. The standard InChI is InChI=1S/C14H10FN3O/c15-9-3-8(4-10(16)5-9)14(19)12-7-18-13-1-2-17-6-11(12)13/h1-7,18H,16H2. The fraction of sp³-hybridized carbons (Fsp3) is 0. The molecule has 0 amide bonds. The maximum absolute atomic E-state index is 13.3. The summed E-state index contributed by atoms with van der Waals surface area (Å²) >= 11 is 0. The molecule has 4 nitrogen and oxygen atoms in total. The van der Waals surface area contributed by atoms with Crippen molar-refractivity contribution >= 4 is 22.4 Å². The van der Waals surface area contributed by atoms with Gasteiger partial charge in [0.1, 0.15) is 5.82 Å². The van der Waals surface area contributed by atoms with E-state index in [4.69, 9.17) is 5.73 Å². The van der Waals surface area contributed by atoms with E-state index in [2.05, 4.69) is 9.97 Å². The third kappa shape index (κ3) is 1.95. The second-order valence-corrected chi connectivity index (χ2v) is 4.23. The Balaban J connectivity index is 2.13. The number of halogens is 1. The van der Waals surface area contributed by atoms with Gasteiger partial charge in [-0.3, -0.25) is 9.78 Å². The summed E-state index contributed by atoms with van der Waals surface area (Å²) in [5.41, 5.74) is 7.26. The number of H-pyrrole nitrogens is 1. The average Bonchev–Trinajstić information content (AvgIpc) is 2.80. The fourth-order valence-electron chi connectivity index (χ4n) is 2.05. The molecule has 0 aliphatic carbocycles. The van der Waals surface area contributed by atoms with Crippen molar-refractivity contribution in [2.24, 2.45) is 0 Å². The minimum Gasteiger partial charge on any atom is -0.399 e. The van der Waals surface area contributed by atoms with Gasteiger partial charge in [0, 0.05) is 46.3 Å². The molecule has 3 rings (SSSR count). The first-order valence-electron chi connectivity index (χ1n) is 5.67. The lowest BCUT2D eigenvalue weighted by Crippen LogP contribution is -2.02. The van der Waals surface area contributed by atoms with Gasteiger partial charge in [-0.15, -0.1) is 0 Å². The Morgan fingerprint density at radius 3 is 2.95 bits per heavy atom. The Bertz CT molecular complexity index is 759. The molecule has 94 valence electrons. The number of aromatic amines is 1. The number of pyridine rings is 1. The zero-order valence-corrected chi connectivity index (χ0v) is 9.85. The third-order valence-corrected chi connectivity index (χ3v) is 2.91. The zero-order chi connectivity index (χ0) is 13.4. The van der Waals surface area contributed by atoms with Crippen molar-refractivity contribution in [2.75, 3.05) is 5.73 Å². The number of aromatic nitrogens is 2. The van der Waals surface area contributed by atoms with Crippen molar-refractivity contribution < 1.29 is 9.18 Å². The second-order valence-electron chi connectivity index (χ2n) is 4.23. The molecule has 0 saturated heterocycles. The van der Waals surface area contributed by atoms with Gasteiger partial charge in [0.15, 0.2) is 5.78 Å². The van der Waals surface area contributed by atoms with Crippen LogP contribution in [0.4, 0.5) is 10.1 Å². The van der Waals surface area contributed by atoms with Crippen LogP contribution in [0.1, 0.15) is 15.9 Å². The quantitative estimate of drug-likeness (QED) is 0.546. The van der Waals surface area contributed by atoms with Gasteiger partial charge in [-0.25, -0.2) is 4.39 Å². The maximum atomic E-state index is 13.3. The molecule has 2 aromatic heterocycles. The molecule has 5 heteroatoms. The van der Waals surface area contributed by atoms with Crippen molar-refractivity contribution in [1.82, 2.24) is 9.97 Å². The minimum absolute atomic E-state index is 0.223. The molecule has 0 fully saturated rings. The summed E-state index contributed by atoms with van der Waals surface area (Å²) in [6.45, 7) is 0. The summed E-state index contributed by atoms with van der Waals surface area (Å²) in [4.78, 5) is 19.3. The monoisotopic (exact) mass is 255 g/mol. The molecule has 2 heterocycles. The highest BCUT2D eigenvalue weighted by Gasteiger charge is 2.15. The Kier molecular flexibility index (Phi) is 2.52. The predicted octanol–water partition coefficient (Wildman–Crippen LogP) is 2.52. The van der Waals surface area contributed by atoms with E-state index in [-0.39, 0.29) is 17.0 Å². The predicted molar refractivity (Wildman–Crippen MR) is 70.3 cm³/mol. The third-order valence-electron chi connectivity index (χ3n) is 2.91. The number of ketones is 1. The summed E-state index contributed by atoms with van der Waals surface area (Å²) in [7, 11) is 0. The molecule has 19 heavy (non-hydrogen) atoms. The van der Waals surface area contributed by atoms with E-state index < -0.39 is 5.82 Å². The van der Waals surface area contributed by atoms with Crippen LogP contribution >= 0.6 is 0 Å². The van der Waals surface area contributed by atoms with Gasteiger partial charge < -0.3 is 10.7 Å². The highest BCUT2D eigenvalue weighted by Crippen LogP contribution is 2.21. The number of hydrogen-bond donors (Lipinski definition) is 2. The van der Waals surface area contributed by atoms with E-state index in [1.54, 1.807) is 24.7 Å². The number of carbonyl (C=O) groups excluding carboxylic acids is 1. The zero-order valence-electron chi connectivity index (χ0n) is 9.85. The molecular formula is C14H10FN3O. The second kappa shape index (κ2) is 4.20. The van der Waals surface area contributed by atoms with Crippen LogP contribution in [0.15, 0.2) is 42.9 Å².